The van der Waals surface area contributed by atoms with Crippen LogP contribution in [0.1, 0.15) is 70.2 Å². The van der Waals surface area contributed by atoms with Gasteiger partial charge in [-0.25, -0.2) is 9.97 Å². The van der Waals surface area contributed by atoms with Crippen LogP contribution in [0.15, 0.2) is 18.2 Å². The van der Waals surface area contributed by atoms with Gasteiger partial charge in [0, 0.05) is 54.2 Å². The fourth-order valence-electron chi connectivity index (χ4n) is 5.33. The summed E-state index contributed by atoms with van der Waals surface area (Å²) in [6.45, 7) is 4.21. The van der Waals surface area contributed by atoms with Crippen molar-refractivity contribution in [2.75, 3.05) is 31.1 Å². The van der Waals surface area contributed by atoms with Gasteiger partial charge in [0.05, 0.1) is 10.3 Å². The predicted molar refractivity (Wildman–Crippen MR) is 137 cm³/mol. The third-order valence-corrected chi connectivity index (χ3v) is 8.71. The number of aryl methyl sites for hydroxylation is 3. The summed E-state index contributed by atoms with van der Waals surface area (Å²) < 4.78 is 0. The normalized spacial score (nSPS) is 18.4. The van der Waals surface area contributed by atoms with Gasteiger partial charge in [0.15, 0.2) is 0 Å². The van der Waals surface area contributed by atoms with Gasteiger partial charge in [-0.2, -0.15) is 0 Å². The molecule has 0 unspecified atom stereocenters. The number of nitro groups is 1. The van der Waals surface area contributed by atoms with Crippen LogP contribution in [0.5, 0.6) is 0 Å². The zero-order valence-electron chi connectivity index (χ0n) is 20.0. The van der Waals surface area contributed by atoms with Crippen LogP contribution >= 0.6 is 11.3 Å². The van der Waals surface area contributed by atoms with Crippen molar-refractivity contribution >= 4 is 39.0 Å². The Morgan fingerprint density at radius 2 is 1.86 bits per heavy atom. The molecule has 0 bridgehead atoms. The number of carbonyl (C=O) groups excluding carboxylic acids is 1. The van der Waals surface area contributed by atoms with Crippen LogP contribution in [0.25, 0.3) is 10.2 Å². The summed E-state index contributed by atoms with van der Waals surface area (Å²) in [5.41, 5.74) is 2.37. The van der Waals surface area contributed by atoms with Crippen LogP contribution in [0.3, 0.4) is 0 Å². The molecule has 2 fully saturated rings. The predicted octanol–water partition coefficient (Wildman–Crippen LogP) is 5.02. The van der Waals surface area contributed by atoms with Gasteiger partial charge in [-0.1, -0.05) is 12.5 Å². The zero-order valence-corrected chi connectivity index (χ0v) is 20.8. The van der Waals surface area contributed by atoms with Crippen molar-refractivity contribution in [2.45, 2.75) is 57.8 Å². The van der Waals surface area contributed by atoms with Crippen molar-refractivity contribution in [1.29, 1.82) is 0 Å². The van der Waals surface area contributed by atoms with E-state index >= 15 is 0 Å². The summed E-state index contributed by atoms with van der Waals surface area (Å²) in [4.78, 5) is 40.9. The van der Waals surface area contributed by atoms with Crippen molar-refractivity contribution in [3.8, 4) is 0 Å². The number of nitrogens with zero attached hydrogens (tertiary/aromatic N) is 5. The molecule has 1 aliphatic heterocycles. The fourth-order valence-corrected chi connectivity index (χ4v) is 6.59. The molecule has 1 aromatic carbocycles. The molecule has 0 atom stereocenters. The lowest BCUT2D eigenvalue weighted by atomic mass is 10.1. The van der Waals surface area contributed by atoms with E-state index in [1.807, 2.05) is 11.3 Å². The summed E-state index contributed by atoms with van der Waals surface area (Å²) in [6, 6.07) is 4.75. The SMILES string of the molecule is Cc1ccc(C(=O)N2CCN(c3nc(C4CC4)nc4sc5c(c34)CCCCC5)CC2)cc1[N+](=O)[O-]. The van der Waals surface area contributed by atoms with Gasteiger partial charge in [0.2, 0.25) is 0 Å². The Hall–Kier alpha value is -3.07. The van der Waals surface area contributed by atoms with Crippen molar-refractivity contribution in [2.24, 2.45) is 0 Å². The number of piperazine rings is 1. The molecule has 0 radical (unpaired) electrons. The Labute approximate surface area is 208 Å². The monoisotopic (exact) mass is 491 g/mol. The quantitative estimate of drug-likeness (QED) is 0.289. The Bertz CT molecular complexity index is 1320. The lowest BCUT2D eigenvalue weighted by Gasteiger charge is -2.36. The average molecular weight is 492 g/mol. The van der Waals surface area contributed by atoms with E-state index in [0.29, 0.717) is 43.2 Å². The molecule has 8 nitrogen and oxygen atoms in total. The number of nitro benzene ring substituents is 1. The van der Waals surface area contributed by atoms with Crippen LogP contribution in [0.4, 0.5) is 11.5 Å². The molecular formula is C26H29N5O3S. The zero-order chi connectivity index (χ0) is 24.1. The minimum absolute atomic E-state index is 0.0105. The number of fused-ring (bicyclic) bond motifs is 3. The van der Waals surface area contributed by atoms with Gasteiger partial charge in [-0.3, -0.25) is 14.9 Å². The molecule has 3 aromatic rings. The summed E-state index contributed by atoms with van der Waals surface area (Å²) >= 11 is 1.86. The first-order valence-corrected chi connectivity index (χ1v) is 13.4. The number of amides is 1. The summed E-state index contributed by atoms with van der Waals surface area (Å²) in [5, 5.41) is 12.6. The fraction of sp³-hybridized carbons (Fsp3) is 0.500. The first-order valence-electron chi connectivity index (χ1n) is 12.6. The molecule has 2 aliphatic carbocycles. The molecule has 6 rings (SSSR count). The summed E-state index contributed by atoms with van der Waals surface area (Å²) in [7, 11) is 0. The molecule has 1 saturated heterocycles. The lowest BCUT2D eigenvalue weighted by Crippen LogP contribution is -2.49. The number of aromatic nitrogens is 2. The number of thiophene rings is 1. The highest BCUT2D eigenvalue weighted by molar-refractivity contribution is 7.19. The first kappa shape index (κ1) is 22.4. The van der Waals surface area contributed by atoms with Crippen molar-refractivity contribution < 1.29 is 9.72 Å². The van der Waals surface area contributed by atoms with Crippen LogP contribution < -0.4 is 4.90 Å². The molecule has 9 heteroatoms. The van der Waals surface area contributed by atoms with E-state index in [2.05, 4.69) is 4.90 Å². The Morgan fingerprint density at radius 3 is 2.60 bits per heavy atom. The second-order valence-electron chi connectivity index (χ2n) is 9.96. The molecule has 3 aliphatic rings. The van der Waals surface area contributed by atoms with E-state index in [0.717, 1.165) is 29.3 Å². The van der Waals surface area contributed by atoms with E-state index in [4.69, 9.17) is 9.97 Å². The molecule has 182 valence electrons. The number of benzene rings is 1. The molecule has 1 saturated carbocycles. The van der Waals surface area contributed by atoms with Crippen LogP contribution in [0.2, 0.25) is 0 Å². The van der Waals surface area contributed by atoms with Gasteiger partial charge in [0.25, 0.3) is 11.6 Å². The molecule has 3 heterocycles. The summed E-state index contributed by atoms with van der Waals surface area (Å²) in [6.07, 6.45) is 8.31. The third-order valence-electron chi connectivity index (χ3n) is 7.52. The van der Waals surface area contributed by atoms with E-state index in [1.165, 1.54) is 54.0 Å². The van der Waals surface area contributed by atoms with Crippen molar-refractivity contribution in [3.63, 3.8) is 0 Å². The lowest BCUT2D eigenvalue weighted by molar-refractivity contribution is -0.385. The topological polar surface area (TPSA) is 92.5 Å². The Balaban J connectivity index is 1.27. The molecular weight excluding hydrogens is 462 g/mol. The number of hydrogen-bond acceptors (Lipinski definition) is 7. The maximum atomic E-state index is 13.1. The molecule has 0 spiro atoms. The number of carbonyl (C=O) groups is 1. The standard InChI is InChI=1S/C26H29N5O3S/c1-16-7-8-18(15-20(16)31(33)34)26(32)30-13-11-29(12-14-30)24-22-19-5-3-2-4-6-21(19)35-25(22)28-23(27-24)17-9-10-17/h7-8,15,17H,2-6,9-14H2,1H3. The minimum Gasteiger partial charge on any atom is -0.352 e. The average Bonchev–Trinajstić information content (AvgIpc) is 3.69. The number of rotatable bonds is 4. The van der Waals surface area contributed by atoms with Gasteiger partial charge in [-0.15, -0.1) is 11.3 Å². The maximum absolute atomic E-state index is 13.1. The van der Waals surface area contributed by atoms with E-state index < -0.39 is 4.92 Å². The van der Waals surface area contributed by atoms with E-state index in [1.54, 1.807) is 24.0 Å². The second kappa shape index (κ2) is 8.86. The van der Waals surface area contributed by atoms with Crippen LogP contribution in [-0.2, 0) is 12.8 Å². The van der Waals surface area contributed by atoms with Crippen LogP contribution in [-0.4, -0.2) is 51.9 Å². The van der Waals surface area contributed by atoms with Gasteiger partial charge in [-0.05, 0) is 57.1 Å². The van der Waals surface area contributed by atoms with E-state index in [9.17, 15) is 14.9 Å². The maximum Gasteiger partial charge on any atom is 0.273 e. The Kier molecular flexibility index (Phi) is 5.67. The Morgan fingerprint density at radius 1 is 1.09 bits per heavy atom. The van der Waals surface area contributed by atoms with Crippen molar-refractivity contribution in [3.05, 3.63) is 55.7 Å². The van der Waals surface area contributed by atoms with E-state index in [-0.39, 0.29) is 11.6 Å². The second-order valence-corrected chi connectivity index (χ2v) is 11.0. The molecule has 2 aromatic heterocycles. The minimum atomic E-state index is -0.425. The highest BCUT2D eigenvalue weighted by atomic mass is 32.1. The highest BCUT2D eigenvalue weighted by Crippen LogP contribution is 2.44. The molecule has 1 amide bonds. The number of hydrogen-bond donors (Lipinski definition) is 0. The third kappa shape index (κ3) is 4.16. The first-order chi connectivity index (χ1) is 17.0. The largest absolute Gasteiger partial charge is 0.352 e. The highest BCUT2D eigenvalue weighted by Gasteiger charge is 2.32. The van der Waals surface area contributed by atoms with Gasteiger partial charge >= 0.3 is 0 Å². The summed E-state index contributed by atoms with van der Waals surface area (Å²) in [5.74, 6) is 2.37. The van der Waals surface area contributed by atoms with Crippen molar-refractivity contribution in [1.82, 2.24) is 14.9 Å². The van der Waals surface area contributed by atoms with Gasteiger partial charge in [0.1, 0.15) is 16.5 Å². The number of anilines is 1. The smallest absolute Gasteiger partial charge is 0.273 e. The molecule has 35 heavy (non-hydrogen) atoms. The van der Waals surface area contributed by atoms with Crippen LogP contribution in [0, 0.1) is 17.0 Å². The molecule has 0 N–H and O–H groups in total. The van der Waals surface area contributed by atoms with Gasteiger partial charge < -0.3 is 9.80 Å².